The van der Waals surface area contributed by atoms with Gasteiger partial charge in [-0.05, 0) is 44.2 Å². The minimum atomic E-state index is -0.778. The number of nitrogens with zero attached hydrogens (tertiary/aromatic N) is 1. The second-order valence-corrected chi connectivity index (χ2v) is 7.85. The van der Waals surface area contributed by atoms with Gasteiger partial charge in [-0.2, -0.15) is 0 Å². The Kier molecular flexibility index (Phi) is 5.56. The lowest BCUT2D eigenvalue weighted by Crippen LogP contribution is -2.16. The molecule has 1 aliphatic heterocycles. The van der Waals surface area contributed by atoms with E-state index in [0.717, 1.165) is 11.4 Å². The van der Waals surface area contributed by atoms with Crippen molar-refractivity contribution in [3.05, 3.63) is 69.0 Å². The predicted octanol–water partition coefficient (Wildman–Crippen LogP) is 4.75. The predicted molar refractivity (Wildman–Crippen MR) is 117 cm³/mol. The first-order valence-electron chi connectivity index (χ1n) is 9.30. The summed E-state index contributed by atoms with van der Waals surface area (Å²) in [6.07, 6.45) is 0. The molecule has 2 aromatic carbocycles. The Morgan fingerprint density at radius 3 is 2.58 bits per heavy atom. The fourth-order valence-corrected chi connectivity index (χ4v) is 4.00. The fraction of sp³-hybridized carbons (Fsp3) is 0.182. The number of Topliss-reactive ketones (excluding diaryl/α,β-unsaturated/α-hetero) is 1. The zero-order valence-electron chi connectivity index (χ0n) is 16.7. The molecule has 2 N–H and O–H groups in total. The first kappa shape index (κ1) is 21.1. The summed E-state index contributed by atoms with van der Waals surface area (Å²) in [5, 5.41) is 0.378. The molecular formula is C22H18Cl2N2O5. The molecular weight excluding hydrogens is 443 g/mol. The molecule has 0 saturated heterocycles. The number of benzene rings is 2. The van der Waals surface area contributed by atoms with Crippen molar-refractivity contribution < 1.29 is 23.8 Å². The van der Waals surface area contributed by atoms with E-state index in [0.29, 0.717) is 22.8 Å². The molecule has 31 heavy (non-hydrogen) atoms. The SMILES string of the molecule is Cc1cc(C(=O)COC(=O)c2cc(Cl)cc(Cl)c2N)c(C)n1-c1ccc2c(c1)OCO2. The topological polar surface area (TPSA) is 92.8 Å². The van der Waals surface area contributed by atoms with Crippen molar-refractivity contribution in [3.63, 3.8) is 0 Å². The van der Waals surface area contributed by atoms with E-state index in [4.69, 9.17) is 43.1 Å². The van der Waals surface area contributed by atoms with Gasteiger partial charge in [0.1, 0.15) is 0 Å². The Morgan fingerprint density at radius 2 is 1.81 bits per heavy atom. The van der Waals surface area contributed by atoms with E-state index in [-0.39, 0.29) is 33.9 Å². The summed E-state index contributed by atoms with van der Waals surface area (Å²) >= 11 is 11.9. The molecule has 2 heterocycles. The minimum absolute atomic E-state index is 0.0103. The van der Waals surface area contributed by atoms with Crippen molar-refractivity contribution in [3.8, 4) is 17.2 Å². The third-order valence-corrected chi connectivity index (χ3v) is 5.53. The molecule has 0 unspecified atom stereocenters. The Bertz CT molecular complexity index is 1220. The average molecular weight is 461 g/mol. The second kappa shape index (κ2) is 8.17. The summed E-state index contributed by atoms with van der Waals surface area (Å²) in [4.78, 5) is 25.2. The van der Waals surface area contributed by atoms with Crippen molar-refractivity contribution in [2.45, 2.75) is 13.8 Å². The maximum Gasteiger partial charge on any atom is 0.340 e. The van der Waals surface area contributed by atoms with Gasteiger partial charge in [0.15, 0.2) is 18.1 Å². The molecule has 0 atom stereocenters. The van der Waals surface area contributed by atoms with Crippen molar-refractivity contribution in [1.29, 1.82) is 0 Å². The van der Waals surface area contributed by atoms with Crippen LogP contribution in [0.15, 0.2) is 36.4 Å². The lowest BCUT2D eigenvalue weighted by molar-refractivity contribution is 0.0475. The maximum atomic E-state index is 12.8. The number of ether oxygens (including phenoxy) is 3. The van der Waals surface area contributed by atoms with Crippen LogP contribution < -0.4 is 15.2 Å². The molecule has 7 nitrogen and oxygen atoms in total. The van der Waals surface area contributed by atoms with Crippen LogP contribution in [-0.4, -0.2) is 29.7 Å². The molecule has 0 bridgehead atoms. The summed E-state index contributed by atoms with van der Waals surface area (Å²) in [7, 11) is 0. The van der Waals surface area contributed by atoms with Crippen LogP contribution in [0.4, 0.5) is 5.69 Å². The van der Waals surface area contributed by atoms with Crippen LogP contribution >= 0.6 is 23.2 Å². The lowest BCUT2D eigenvalue weighted by Gasteiger charge is -2.11. The number of nitrogens with two attached hydrogens (primary N) is 1. The largest absolute Gasteiger partial charge is 0.454 e. The third-order valence-electron chi connectivity index (χ3n) is 4.99. The fourth-order valence-electron chi connectivity index (χ4n) is 3.51. The maximum absolute atomic E-state index is 12.8. The van der Waals surface area contributed by atoms with Crippen LogP contribution in [0.5, 0.6) is 11.5 Å². The number of aromatic nitrogens is 1. The highest BCUT2D eigenvalue weighted by atomic mass is 35.5. The molecule has 0 amide bonds. The molecule has 9 heteroatoms. The van der Waals surface area contributed by atoms with Crippen LogP contribution in [0.3, 0.4) is 0 Å². The number of esters is 1. The van der Waals surface area contributed by atoms with Crippen LogP contribution in [-0.2, 0) is 4.74 Å². The molecule has 160 valence electrons. The normalized spacial score (nSPS) is 12.1. The van der Waals surface area contributed by atoms with Crippen LogP contribution in [0.1, 0.15) is 32.1 Å². The van der Waals surface area contributed by atoms with Gasteiger partial charge < -0.3 is 24.5 Å². The summed E-state index contributed by atoms with van der Waals surface area (Å²) < 4.78 is 17.9. The highest BCUT2D eigenvalue weighted by molar-refractivity contribution is 6.37. The molecule has 0 fully saturated rings. The van der Waals surface area contributed by atoms with E-state index in [9.17, 15) is 9.59 Å². The van der Waals surface area contributed by atoms with Gasteiger partial charge in [-0.15, -0.1) is 0 Å². The minimum Gasteiger partial charge on any atom is -0.454 e. The number of hydrogen-bond donors (Lipinski definition) is 1. The van der Waals surface area contributed by atoms with Gasteiger partial charge >= 0.3 is 5.97 Å². The van der Waals surface area contributed by atoms with E-state index < -0.39 is 12.6 Å². The first-order valence-corrected chi connectivity index (χ1v) is 10.1. The number of carbonyl (C=O) groups is 2. The molecule has 1 aromatic heterocycles. The molecule has 3 aromatic rings. The van der Waals surface area contributed by atoms with Crippen molar-refractivity contribution in [1.82, 2.24) is 4.57 Å². The average Bonchev–Trinajstić information content (AvgIpc) is 3.31. The number of rotatable bonds is 5. The Balaban J connectivity index is 1.54. The number of fused-ring (bicyclic) bond motifs is 1. The highest BCUT2D eigenvalue weighted by Crippen LogP contribution is 2.35. The van der Waals surface area contributed by atoms with Gasteiger partial charge in [-0.3, -0.25) is 4.79 Å². The summed E-state index contributed by atoms with van der Waals surface area (Å²) in [5.74, 6) is 0.194. The van der Waals surface area contributed by atoms with Crippen LogP contribution in [0.2, 0.25) is 10.0 Å². The number of anilines is 1. The van der Waals surface area contributed by atoms with Crippen LogP contribution in [0.25, 0.3) is 5.69 Å². The van der Waals surface area contributed by atoms with Gasteiger partial charge in [-0.25, -0.2) is 4.79 Å². The molecule has 4 rings (SSSR count). The highest BCUT2D eigenvalue weighted by Gasteiger charge is 2.22. The van der Waals surface area contributed by atoms with E-state index >= 15 is 0 Å². The summed E-state index contributed by atoms with van der Waals surface area (Å²) in [6, 6.07) is 10.1. The Hall–Kier alpha value is -3.16. The quantitative estimate of drug-likeness (QED) is 0.335. The van der Waals surface area contributed by atoms with Gasteiger partial charge in [0.25, 0.3) is 0 Å². The van der Waals surface area contributed by atoms with Crippen molar-refractivity contribution in [2.75, 3.05) is 19.1 Å². The number of hydrogen-bond acceptors (Lipinski definition) is 6. The van der Waals surface area contributed by atoms with E-state index in [1.165, 1.54) is 12.1 Å². The standard InChI is InChI=1S/C22H18Cl2N2O5/c1-11-5-15(12(2)26(11)14-3-4-19-20(8-14)31-10-30-19)18(27)9-29-22(28)16-6-13(23)7-17(24)21(16)25/h3-8H,9-10,25H2,1-2H3. The zero-order chi connectivity index (χ0) is 22.3. The van der Waals surface area contributed by atoms with Crippen LogP contribution in [0, 0.1) is 13.8 Å². The van der Waals surface area contributed by atoms with E-state index in [1.807, 2.05) is 36.6 Å². The van der Waals surface area contributed by atoms with Gasteiger partial charge in [0.05, 0.1) is 16.3 Å². The number of aryl methyl sites for hydroxylation is 1. The van der Waals surface area contributed by atoms with E-state index in [2.05, 4.69) is 0 Å². The van der Waals surface area contributed by atoms with Gasteiger partial charge in [-0.1, -0.05) is 23.2 Å². The molecule has 0 aliphatic carbocycles. The lowest BCUT2D eigenvalue weighted by atomic mass is 10.1. The van der Waals surface area contributed by atoms with Crippen molar-refractivity contribution >= 4 is 40.6 Å². The zero-order valence-corrected chi connectivity index (χ0v) is 18.2. The number of ketones is 1. The number of nitrogen functional groups attached to an aromatic ring is 1. The van der Waals surface area contributed by atoms with E-state index in [1.54, 1.807) is 6.07 Å². The smallest absolute Gasteiger partial charge is 0.340 e. The van der Waals surface area contributed by atoms with Gasteiger partial charge in [0, 0.05) is 33.7 Å². The Labute approximate surface area is 188 Å². The third kappa shape index (κ3) is 3.94. The molecule has 0 spiro atoms. The molecule has 1 aliphatic rings. The number of halogens is 2. The number of carbonyl (C=O) groups excluding carboxylic acids is 2. The molecule has 0 radical (unpaired) electrons. The molecule has 0 saturated carbocycles. The van der Waals surface area contributed by atoms with Gasteiger partial charge in [0.2, 0.25) is 12.6 Å². The monoisotopic (exact) mass is 460 g/mol. The summed E-state index contributed by atoms with van der Waals surface area (Å²) in [5.41, 5.74) is 8.71. The second-order valence-electron chi connectivity index (χ2n) is 7.01. The first-order chi connectivity index (χ1) is 14.8. The Morgan fingerprint density at radius 1 is 1.06 bits per heavy atom. The van der Waals surface area contributed by atoms with Crippen molar-refractivity contribution in [2.24, 2.45) is 0 Å². The summed E-state index contributed by atoms with van der Waals surface area (Å²) in [6.45, 7) is 3.43.